The summed E-state index contributed by atoms with van der Waals surface area (Å²) in [6.07, 6.45) is 1.43. The first-order valence-corrected chi connectivity index (χ1v) is 6.27. The van der Waals surface area contributed by atoms with E-state index in [0.29, 0.717) is 11.3 Å². The lowest BCUT2D eigenvalue weighted by Gasteiger charge is -1.99. The molecular formula is C14H10N4O4. The summed E-state index contributed by atoms with van der Waals surface area (Å²) < 4.78 is 10.3. The Morgan fingerprint density at radius 1 is 1.27 bits per heavy atom. The van der Waals surface area contributed by atoms with Gasteiger partial charge in [0, 0.05) is 17.8 Å². The standard InChI is InChI=1S/C14H10N4O4/c1-21-10-5-2-4-9(8-10)14-16-13(17-22-14)12-11(18(19)20)6-3-7-15-12/h2-8H,1H3. The van der Waals surface area contributed by atoms with Crippen molar-refractivity contribution in [3.8, 4) is 28.7 Å². The van der Waals surface area contributed by atoms with Crippen molar-refractivity contribution in [3.63, 3.8) is 0 Å². The Hall–Kier alpha value is -3.29. The second-order valence-corrected chi connectivity index (χ2v) is 4.28. The first-order valence-electron chi connectivity index (χ1n) is 6.27. The van der Waals surface area contributed by atoms with E-state index < -0.39 is 4.92 Å². The summed E-state index contributed by atoms with van der Waals surface area (Å²) in [6, 6.07) is 9.87. The van der Waals surface area contributed by atoms with Gasteiger partial charge in [-0.15, -0.1) is 0 Å². The molecule has 0 unspecified atom stereocenters. The maximum absolute atomic E-state index is 11.0. The van der Waals surface area contributed by atoms with Crippen molar-refractivity contribution in [1.29, 1.82) is 0 Å². The monoisotopic (exact) mass is 298 g/mol. The Morgan fingerprint density at radius 2 is 2.14 bits per heavy atom. The molecule has 0 bridgehead atoms. The molecule has 0 atom stereocenters. The summed E-state index contributed by atoms with van der Waals surface area (Å²) in [7, 11) is 1.55. The first-order chi connectivity index (χ1) is 10.7. The SMILES string of the molecule is COc1cccc(-c2nc(-c3ncccc3[N+](=O)[O-])no2)c1. The lowest BCUT2D eigenvalue weighted by Crippen LogP contribution is -1.95. The highest BCUT2D eigenvalue weighted by atomic mass is 16.6. The predicted molar refractivity (Wildman–Crippen MR) is 76.2 cm³/mol. The highest BCUT2D eigenvalue weighted by molar-refractivity contribution is 5.65. The number of nitrogens with zero attached hydrogens (tertiary/aromatic N) is 4. The fourth-order valence-electron chi connectivity index (χ4n) is 1.91. The van der Waals surface area contributed by atoms with Crippen molar-refractivity contribution in [2.45, 2.75) is 0 Å². The smallest absolute Gasteiger partial charge is 0.298 e. The second kappa shape index (κ2) is 5.60. The first kappa shape index (κ1) is 13.7. The number of nitro groups is 1. The van der Waals surface area contributed by atoms with Crippen LogP contribution in [-0.2, 0) is 0 Å². The van der Waals surface area contributed by atoms with Crippen LogP contribution in [0.15, 0.2) is 47.1 Å². The molecule has 0 N–H and O–H groups in total. The Morgan fingerprint density at radius 3 is 2.91 bits per heavy atom. The van der Waals surface area contributed by atoms with Crippen molar-refractivity contribution in [3.05, 3.63) is 52.7 Å². The van der Waals surface area contributed by atoms with Gasteiger partial charge in [-0.25, -0.2) is 4.98 Å². The van der Waals surface area contributed by atoms with Gasteiger partial charge in [0.25, 0.3) is 11.6 Å². The predicted octanol–water partition coefficient (Wildman–Crippen LogP) is 2.72. The minimum atomic E-state index is -0.538. The average molecular weight is 298 g/mol. The quantitative estimate of drug-likeness (QED) is 0.538. The van der Waals surface area contributed by atoms with Gasteiger partial charge < -0.3 is 9.26 Å². The zero-order chi connectivity index (χ0) is 15.5. The molecule has 22 heavy (non-hydrogen) atoms. The minimum absolute atomic E-state index is 0.0603. The molecule has 0 fully saturated rings. The molecule has 0 amide bonds. The Kier molecular flexibility index (Phi) is 3.48. The molecule has 2 heterocycles. The molecule has 0 radical (unpaired) electrons. The van der Waals surface area contributed by atoms with Crippen LogP contribution in [0.5, 0.6) is 5.75 Å². The fourth-order valence-corrected chi connectivity index (χ4v) is 1.91. The van der Waals surface area contributed by atoms with Gasteiger partial charge in [-0.3, -0.25) is 10.1 Å². The maximum Gasteiger partial charge on any atom is 0.298 e. The largest absolute Gasteiger partial charge is 0.497 e. The molecule has 8 heteroatoms. The third-order valence-corrected chi connectivity index (χ3v) is 2.94. The molecule has 3 aromatic rings. The third-order valence-electron chi connectivity index (χ3n) is 2.94. The van der Waals surface area contributed by atoms with E-state index in [2.05, 4.69) is 15.1 Å². The Labute approximate surface area is 124 Å². The summed E-state index contributed by atoms with van der Waals surface area (Å²) in [4.78, 5) is 18.6. The van der Waals surface area contributed by atoms with Crippen molar-refractivity contribution < 1.29 is 14.2 Å². The van der Waals surface area contributed by atoms with E-state index in [0.717, 1.165) is 0 Å². The number of pyridine rings is 1. The topological polar surface area (TPSA) is 104 Å². The van der Waals surface area contributed by atoms with Crippen LogP contribution in [0.1, 0.15) is 0 Å². The summed E-state index contributed by atoms with van der Waals surface area (Å²) in [6.45, 7) is 0. The van der Waals surface area contributed by atoms with Gasteiger partial charge in [-0.2, -0.15) is 4.98 Å². The van der Waals surface area contributed by atoms with Crippen molar-refractivity contribution >= 4 is 5.69 Å². The molecule has 110 valence electrons. The molecule has 0 saturated carbocycles. The lowest BCUT2D eigenvalue weighted by molar-refractivity contribution is -0.384. The van der Waals surface area contributed by atoms with Gasteiger partial charge in [-0.1, -0.05) is 11.2 Å². The zero-order valence-corrected chi connectivity index (χ0v) is 11.5. The van der Waals surface area contributed by atoms with Crippen molar-refractivity contribution in [2.24, 2.45) is 0 Å². The number of ether oxygens (including phenoxy) is 1. The van der Waals surface area contributed by atoms with Crippen LogP contribution in [0.3, 0.4) is 0 Å². The average Bonchev–Trinajstić information content (AvgIpc) is 3.05. The van der Waals surface area contributed by atoms with E-state index >= 15 is 0 Å². The van der Waals surface area contributed by atoms with Gasteiger partial charge in [0.2, 0.25) is 5.82 Å². The second-order valence-electron chi connectivity index (χ2n) is 4.28. The zero-order valence-electron chi connectivity index (χ0n) is 11.5. The number of rotatable bonds is 4. The normalized spacial score (nSPS) is 10.4. The van der Waals surface area contributed by atoms with Gasteiger partial charge >= 0.3 is 0 Å². The van der Waals surface area contributed by atoms with Gasteiger partial charge in [-0.05, 0) is 24.3 Å². The number of aromatic nitrogens is 3. The van der Waals surface area contributed by atoms with Crippen molar-refractivity contribution in [1.82, 2.24) is 15.1 Å². The van der Waals surface area contributed by atoms with Gasteiger partial charge in [0.05, 0.1) is 12.0 Å². The van der Waals surface area contributed by atoms with E-state index in [1.807, 2.05) is 0 Å². The molecule has 0 aliphatic rings. The molecule has 8 nitrogen and oxygen atoms in total. The van der Waals surface area contributed by atoms with Crippen LogP contribution in [0.25, 0.3) is 23.0 Å². The van der Waals surface area contributed by atoms with E-state index in [-0.39, 0.29) is 23.1 Å². The van der Waals surface area contributed by atoms with E-state index in [1.165, 1.54) is 18.3 Å². The number of hydrogen-bond acceptors (Lipinski definition) is 7. The van der Waals surface area contributed by atoms with Gasteiger partial charge in [0.1, 0.15) is 5.75 Å². The van der Waals surface area contributed by atoms with Gasteiger partial charge in [0.15, 0.2) is 5.69 Å². The number of methoxy groups -OCH3 is 1. The van der Waals surface area contributed by atoms with Crippen LogP contribution in [0.2, 0.25) is 0 Å². The third kappa shape index (κ3) is 2.49. The summed E-state index contributed by atoms with van der Waals surface area (Å²) in [5.41, 5.74) is 0.530. The Balaban J connectivity index is 2.02. The maximum atomic E-state index is 11.0. The van der Waals surface area contributed by atoms with E-state index in [9.17, 15) is 10.1 Å². The minimum Gasteiger partial charge on any atom is -0.497 e. The highest BCUT2D eigenvalue weighted by Gasteiger charge is 2.21. The lowest BCUT2D eigenvalue weighted by atomic mass is 10.2. The van der Waals surface area contributed by atoms with Crippen LogP contribution in [0, 0.1) is 10.1 Å². The summed E-state index contributed by atoms with van der Waals surface area (Å²) in [5.74, 6) is 0.931. The fraction of sp³-hybridized carbons (Fsp3) is 0.0714. The van der Waals surface area contributed by atoms with E-state index in [4.69, 9.17) is 9.26 Å². The van der Waals surface area contributed by atoms with Crippen LogP contribution in [-0.4, -0.2) is 27.2 Å². The van der Waals surface area contributed by atoms with Crippen LogP contribution >= 0.6 is 0 Å². The molecule has 0 spiro atoms. The molecule has 3 rings (SSSR count). The molecule has 0 saturated heterocycles. The number of benzene rings is 1. The molecular weight excluding hydrogens is 288 g/mol. The van der Waals surface area contributed by atoms with Crippen molar-refractivity contribution in [2.75, 3.05) is 7.11 Å². The van der Waals surface area contributed by atoms with Crippen LogP contribution in [0.4, 0.5) is 5.69 Å². The Bertz CT molecular complexity index is 831. The molecule has 2 aromatic heterocycles. The summed E-state index contributed by atoms with van der Waals surface area (Å²) >= 11 is 0. The highest BCUT2D eigenvalue weighted by Crippen LogP contribution is 2.28. The summed E-state index contributed by atoms with van der Waals surface area (Å²) in [5, 5.41) is 14.8. The molecule has 0 aliphatic heterocycles. The molecule has 1 aromatic carbocycles. The molecule has 0 aliphatic carbocycles. The number of hydrogen-bond donors (Lipinski definition) is 0. The van der Waals surface area contributed by atoms with Crippen LogP contribution < -0.4 is 4.74 Å². The van der Waals surface area contributed by atoms with E-state index in [1.54, 1.807) is 31.4 Å².